The second-order valence-electron chi connectivity index (χ2n) is 5.81. The van der Waals surface area contributed by atoms with Crippen LogP contribution >= 0.6 is 0 Å². The van der Waals surface area contributed by atoms with Crippen LogP contribution in [0.15, 0.2) is 24.3 Å². The zero-order valence-electron chi connectivity index (χ0n) is 14.2. The second kappa shape index (κ2) is 8.94. The molecule has 0 aliphatic rings. The van der Waals surface area contributed by atoms with Crippen molar-refractivity contribution in [2.75, 3.05) is 7.11 Å². The first-order valence-electron chi connectivity index (χ1n) is 7.98. The van der Waals surface area contributed by atoms with Gasteiger partial charge in [-0.25, -0.2) is 0 Å². The zero-order valence-corrected chi connectivity index (χ0v) is 14.2. The molecule has 0 atom stereocenters. The molecule has 2 aromatic carbocycles. The lowest BCUT2D eigenvalue weighted by Crippen LogP contribution is -2.05. The van der Waals surface area contributed by atoms with Crippen LogP contribution in [-0.2, 0) is 39.5 Å². The minimum Gasteiger partial charge on any atom is -0.496 e. The number of ether oxygens (including phenoxy) is 1. The van der Waals surface area contributed by atoms with Gasteiger partial charge in [0.05, 0.1) is 40.1 Å². The van der Waals surface area contributed by atoms with Gasteiger partial charge in [0.25, 0.3) is 0 Å². The molecule has 0 aliphatic carbocycles. The van der Waals surface area contributed by atoms with Crippen LogP contribution in [0.1, 0.15) is 38.9 Å². The number of aliphatic hydroxyl groups is 5. The van der Waals surface area contributed by atoms with Crippen molar-refractivity contribution in [1.82, 2.24) is 0 Å². The Morgan fingerprint density at radius 3 is 1.36 bits per heavy atom. The van der Waals surface area contributed by atoms with Gasteiger partial charge in [-0.15, -0.1) is 0 Å². The highest BCUT2D eigenvalue weighted by Crippen LogP contribution is 2.28. The fourth-order valence-corrected chi connectivity index (χ4v) is 3.12. The summed E-state index contributed by atoms with van der Waals surface area (Å²) in [6.45, 7) is -1.14. The third-order valence-corrected chi connectivity index (χ3v) is 4.25. The summed E-state index contributed by atoms with van der Waals surface area (Å²) in [4.78, 5) is 0. The monoisotopic (exact) mass is 348 g/mol. The maximum absolute atomic E-state index is 9.54. The molecule has 2 rings (SSSR count). The lowest BCUT2D eigenvalue weighted by Gasteiger charge is -2.16. The first-order valence-corrected chi connectivity index (χ1v) is 7.98. The number of hydrogen-bond acceptors (Lipinski definition) is 6. The van der Waals surface area contributed by atoms with Crippen LogP contribution in [0, 0.1) is 0 Å². The molecular formula is C19H24O6. The summed E-state index contributed by atoms with van der Waals surface area (Å²) in [6.07, 6.45) is 0.482. The van der Waals surface area contributed by atoms with E-state index >= 15 is 0 Å². The quantitative estimate of drug-likeness (QED) is 0.481. The van der Waals surface area contributed by atoms with E-state index in [1.54, 1.807) is 24.3 Å². The predicted octanol–water partition coefficient (Wildman–Crippen LogP) is 0.747. The Kier molecular flexibility index (Phi) is 6.92. The molecule has 6 heteroatoms. The largest absolute Gasteiger partial charge is 0.496 e. The second-order valence-corrected chi connectivity index (χ2v) is 5.81. The predicted molar refractivity (Wildman–Crippen MR) is 91.9 cm³/mol. The van der Waals surface area contributed by atoms with Gasteiger partial charge in [-0.3, -0.25) is 0 Å². The van der Waals surface area contributed by atoms with Gasteiger partial charge in [0.15, 0.2) is 0 Å². The van der Waals surface area contributed by atoms with Crippen LogP contribution < -0.4 is 4.74 Å². The topological polar surface area (TPSA) is 110 Å². The average molecular weight is 348 g/mol. The standard InChI is InChI=1S/C19H24O6/c1-25-19-16(9-22)5-13(6-17(19)10-23)2-12-3-14(7-20)18(11-24)15(4-12)8-21/h3-6,20-24H,2,7-11H2,1H3. The van der Waals surface area contributed by atoms with E-state index in [0.717, 1.165) is 11.1 Å². The van der Waals surface area contributed by atoms with E-state index in [-0.39, 0.29) is 33.0 Å². The van der Waals surface area contributed by atoms with E-state index in [2.05, 4.69) is 0 Å². The minimum atomic E-state index is -0.252. The summed E-state index contributed by atoms with van der Waals surface area (Å²) in [6, 6.07) is 7.17. The highest BCUT2D eigenvalue weighted by atomic mass is 16.5. The molecule has 0 aliphatic heterocycles. The summed E-state index contributed by atoms with van der Waals surface area (Å²) >= 11 is 0. The molecule has 0 aromatic heterocycles. The van der Waals surface area contributed by atoms with E-state index < -0.39 is 0 Å². The third kappa shape index (κ3) is 4.18. The van der Waals surface area contributed by atoms with Crippen LogP contribution in [0.4, 0.5) is 0 Å². The van der Waals surface area contributed by atoms with Gasteiger partial charge in [0.2, 0.25) is 0 Å². The van der Waals surface area contributed by atoms with Crippen molar-refractivity contribution in [3.63, 3.8) is 0 Å². The molecule has 0 fully saturated rings. The normalized spacial score (nSPS) is 11.0. The Morgan fingerprint density at radius 2 is 1.04 bits per heavy atom. The maximum atomic E-state index is 9.54. The smallest absolute Gasteiger partial charge is 0.129 e. The third-order valence-electron chi connectivity index (χ3n) is 4.25. The molecule has 5 N–H and O–H groups in total. The highest BCUT2D eigenvalue weighted by Gasteiger charge is 2.13. The molecule has 0 amide bonds. The Morgan fingerprint density at radius 1 is 0.640 bits per heavy atom. The average Bonchev–Trinajstić information content (AvgIpc) is 2.65. The van der Waals surface area contributed by atoms with E-state index in [9.17, 15) is 25.5 Å². The van der Waals surface area contributed by atoms with Crippen LogP contribution in [0.5, 0.6) is 5.75 Å². The molecule has 25 heavy (non-hydrogen) atoms. The maximum Gasteiger partial charge on any atom is 0.129 e. The molecular weight excluding hydrogens is 324 g/mol. The fourth-order valence-electron chi connectivity index (χ4n) is 3.12. The van der Waals surface area contributed by atoms with Crippen molar-refractivity contribution in [3.05, 3.63) is 63.2 Å². The molecule has 136 valence electrons. The Bertz CT molecular complexity index is 614. The Labute approximate surface area is 146 Å². The number of benzene rings is 2. The van der Waals surface area contributed by atoms with Gasteiger partial charge < -0.3 is 30.3 Å². The first kappa shape index (κ1) is 19.4. The number of aliphatic hydroxyl groups excluding tert-OH is 5. The minimum absolute atomic E-state index is 0.211. The fraction of sp³-hybridized carbons (Fsp3) is 0.368. The number of rotatable bonds is 8. The Hall–Kier alpha value is -1.96. The number of methoxy groups -OCH3 is 1. The van der Waals surface area contributed by atoms with Crippen LogP contribution in [0.25, 0.3) is 0 Å². The van der Waals surface area contributed by atoms with Crippen molar-refractivity contribution in [3.8, 4) is 5.75 Å². The van der Waals surface area contributed by atoms with Gasteiger partial charge >= 0.3 is 0 Å². The molecule has 0 radical (unpaired) electrons. The van der Waals surface area contributed by atoms with Crippen molar-refractivity contribution >= 4 is 0 Å². The van der Waals surface area contributed by atoms with Gasteiger partial charge in [-0.05, 0) is 46.4 Å². The van der Waals surface area contributed by atoms with Gasteiger partial charge in [0, 0.05) is 11.1 Å². The molecule has 6 nitrogen and oxygen atoms in total. The van der Waals surface area contributed by atoms with Crippen molar-refractivity contribution < 1.29 is 30.3 Å². The Balaban J connectivity index is 2.45. The van der Waals surface area contributed by atoms with Crippen LogP contribution in [0.2, 0.25) is 0 Å². The molecule has 0 saturated carbocycles. The molecule has 0 bridgehead atoms. The summed E-state index contributed by atoms with van der Waals surface area (Å²) in [5.74, 6) is 0.469. The van der Waals surface area contributed by atoms with Gasteiger partial charge in [-0.1, -0.05) is 12.1 Å². The zero-order chi connectivity index (χ0) is 18.4. The highest BCUT2D eigenvalue weighted by molar-refractivity contribution is 5.47. The van der Waals surface area contributed by atoms with E-state index in [4.69, 9.17) is 4.74 Å². The molecule has 0 unspecified atom stereocenters. The summed E-state index contributed by atoms with van der Waals surface area (Å²) in [7, 11) is 1.49. The number of hydrogen-bond donors (Lipinski definition) is 5. The molecule has 0 spiro atoms. The van der Waals surface area contributed by atoms with Crippen LogP contribution in [0.3, 0.4) is 0 Å². The summed E-state index contributed by atoms with van der Waals surface area (Å²) in [5, 5.41) is 47.6. The van der Waals surface area contributed by atoms with E-state index in [1.807, 2.05) is 0 Å². The SMILES string of the molecule is COc1c(CO)cc(Cc2cc(CO)c(CO)c(CO)c2)cc1CO. The van der Waals surface area contributed by atoms with Gasteiger partial charge in [-0.2, -0.15) is 0 Å². The molecule has 0 saturated heterocycles. The van der Waals surface area contributed by atoms with Crippen molar-refractivity contribution in [1.29, 1.82) is 0 Å². The molecule has 2 aromatic rings. The molecule has 0 heterocycles. The summed E-state index contributed by atoms with van der Waals surface area (Å²) < 4.78 is 5.25. The van der Waals surface area contributed by atoms with Gasteiger partial charge in [0.1, 0.15) is 5.75 Å². The van der Waals surface area contributed by atoms with Crippen molar-refractivity contribution in [2.24, 2.45) is 0 Å². The van der Waals surface area contributed by atoms with E-state index in [0.29, 0.717) is 40.0 Å². The van der Waals surface area contributed by atoms with Crippen molar-refractivity contribution in [2.45, 2.75) is 39.5 Å². The summed E-state index contributed by atoms with van der Waals surface area (Å²) in [5.41, 5.74) is 4.56. The van der Waals surface area contributed by atoms with Crippen LogP contribution in [-0.4, -0.2) is 32.6 Å². The first-order chi connectivity index (χ1) is 12.1. The van der Waals surface area contributed by atoms with E-state index in [1.165, 1.54) is 7.11 Å². The lowest BCUT2D eigenvalue weighted by molar-refractivity contribution is 0.247. The lowest BCUT2D eigenvalue weighted by atomic mass is 9.93.